The number of fused-ring (bicyclic) bond motifs is 2. The highest BCUT2D eigenvalue weighted by Crippen LogP contribution is 2.51. The number of benzene rings is 3. The fourth-order valence-corrected chi connectivity index (χ4v) is 3.92. The van der Waals surface area contributed by atoms with Crippen LogP contribution >= 0.6 is 0 Å². The maximum Gasteiger partial charge on any atom is 0.139 e. The Balaban J connectivity index is 1.86. The van der Waals surface area contributed by atoms with Gasteiger partial charge >= 0.3 is 0 Å². The fraction of sp³-hybridized carbons (Fsp3) is 0.231. The van der Waals surface area contributed by atoms with Crippen LogP contribution in [0.3, 0.4) is 0 Å². The van der Waals surface area contributed by atoms with Crippen LogP contribution < -0.4 is 4.74 Å². The Morgan fingerprint density at radius 3 is 2.59 bits per heavy atom. The average Bonchev–Trinajstić information content (AvgIpc) is 2.66. The number of para-hydroxylation sites is 1. The summed E-state index contributed by atoms with van der Waals surface area (Å²) >= 11 is 0. The first-order valence-corrected chi connectivity index (χ1v) is 9.23. The van der Waals surface area contributed by atoms with E-state index >= 15 is 0 Å². The maximum absolute atomic E-state index is 7.23. The van der Waals surface area contributed by atoms with E-state index in [2.05, 4.69) is 88.1 Å². The minimum Gasteiger partial charge on any atom is -0.456 e. The summed E-state index contributed by atoms with van der Waals surface area (Å²) in [5.74, 6) is 7.78. The van der Waals surface area contributed by atoms with Crippen LogP contribution in [0.5, 0.6) is 11.5 Å². The number of aryl methyl sites for hydroxylation is 2. The Hall–Kier alpha value is -2.98. The molecule has 0 amide bonds. The molecule has 0 spiro atoms. The average molecular weight is 353 g/mol. The van der Waals surface area contributed by atoms with E-state index in [4.69, 9.17) is 6.11 Å². The van der Waals surface area contributed by atoms with Crippen LogP contribution in [0.4, 0.5) is 0 Å². The van der Waals surface area contributed by atoms with Crippen LogP contribution in [0.15, 0.2) is 54.6 Å². The zero-order valence-electron chi connectivity index (χ0n) is 17.3. The molecule has 0 fully saturated rings. The molecule has 1 heteroatoms. The van der Waals surface area contributed by atoms with Crippen molar-refractivity contribution in [2.45, 2.75) is 40.0 Å². The SMILES string of the molecule is [2H]CC#Cc1ccc(-c2cccc3c2Oc2cc(C)ccc2C3(C)C)cc1C. The van der Waals surface area contributed by atoms with Gasteiger partial charge in [0.1, 0.15) is 11.5 Å². The topological polar surface area (TPSA) is 9.23 Å². The van der Waals surface area contributed by atoms with Crippen molar-refractivity contribution in [1.29, 1.82) is 0 Å². The van der Waals surface area contributed by atoms with Gasteiger partial charge in [-0.3, -0.25) is 0 Å². The molecule has 0 saturated heterocycles. The normalized spacial score (nSPS) is 14.1. The molecule has 1 aliphatic heterocycles. The van der Waals surface area contributed by atoms with E-state index in [1.807, 2.05) is 6.07 Å². The van der Waals surface area contributed by atoms with Crippen LogP contribution in [-0.2, 0) is 5.41 Å². The highest BCUT2D eigenvalue weighted by atomic mass is 16.5. The molecule has 0 radical (unpaired) electrons. The summed E-state index contributed by atoms with van der Waals surface area (Å²) in [5, 5.41) is 0. The van der Waals surface area contributed by atoms with Crippen LogP contribution in [0.2, 0.25) is 0 Å². The second kappa shape index (κ2) is 6.32. The Morgan fingerprint density at radius 1 is 0.963 bits per heavy atom. The molecule has 0 unspecified atom stereocenters. The molecule has 1 heterocycles. The first kappa shape index (κ1) is 16.2. The monoisotopic (exact) mass is 353 g/mol. The summed E-state index contributed by atoms with van der Waals surface area (Å²) in [7, 11) is 0. The third kappa shape index (κ3) is 2.82. The van der Waals surface area contributed by atoms with Crippen molar-refractivity contribution in [3.05, 3.63) is 82.4 Å². The van der Waals surface area contributed by atoms with Gasteiger partial charge in [-0.2, -0.15) is 0 Å². The van der Waals surface area contributed by atoms with Gasteiger partial charge < -0.3 is 4.74 Å². The Labute approximate surface area is 163 Å². The lowest BCUT2D eigenvalue weighted by Gasteiger charge is -2.35. The second-order valence-electron chi connectivity index (χ2n) is 7.74. The summed E-state index contributed by atoms with van der Waals surface area (Å²) in [6.07, 6.45) is 0. The first-order valence-electron chi connectivity index (χ1n) is 9.94. The molecule has 0 N–H and O–H groups in total. The lowest BCUT2D eigenvalue weighted by molar-refractivity contribution is 0.419. The van der Waals surface area contributed by atoms with Crippen molar-refractivity contribution in [3.63, 3.8) is 0 Å². The van der Waals surface area contributed by atoms with Crippen molar-refractivity contribution >= 4 is 0 Å². The van der Waals surface area contributed by atoms with Crippen molar-refractivity contribution in [1.82, 2.24) is 0 Å². The first-order chi connectivity index (χ1) is 13.4. The van der Waals surface area contributed by atoms with E-state index in [9.17, 15) is 0 Å². The van der Waals surface area contributed by atoms with Crippen molar-refractivity contribution < 1.29 is 6.11 Å². The third-order valence-electron chi connectivity index (χ3n) is 5.47. The lowest BCUT2D eigenvalue weighted by Crippen LogP contribution is -2.24. The zero-order chi connectivity index (χ0) is 19.9. The zero-order valence-corrected chi connectivity index (χ0v) is 16.3. The van der Waals surface area contributed by atoms with Crippen molar-refractivity contribution in [2.24, 2.45) is 0 Å². The Bertz CT molecular complexity index is 1130. The highest BCUT2D eigenvalue weighted by molar-refractivity contribution is 5.76. The van der Waals surface area contributed by atoms with Gasteiger partial charge in [-0.05, 0) is 49.6 Å². The standard InChI is InChI=1S/C26H24O/c1-6-8-19-12-13-20(16-18(19)3)21-9-7-10-23-25(21)27-24-15-17(2)11-14-22(24)26(23,4)5/h7,9-16H,1-5H3/i1D. The lowest BCUT2D eigenvalue weighted by atomic mass is 9.74. The molecular weight excluding hydrogens is 328 g/mol. The Morgan fingerprint density at radius 2 is 1.81 bits per heavy atom. The van der Waals surface area contributed by atoms with Gasteiger partial charge in [-0.1, -0.05) is 62.2 Å². The molecule has 0 atom stereocenters. The second-order valence-corrected chi connectivity index (χ2v) is 7.74. The van der Waals surface area contributed by atoms with E-state index in [1.165, 1.54) is 16.7 Å². The molecule has 134 valence electrons. The maximum atomic E-state index is 7.23. The molecule has 1 aliphatic rings. The third-order valence-corrected chi connectivity index (χ3v) is 5.47. The molecular formula is C26H24O. The summed E-state index contributed by atoms with van der Waals surface area (Å²) in [5.41, 5.74) is 7.81. The van der Waals surface area contributed by atoms with Gasteiger partial charge in [-0.25, -0.2) is 0 Å². The van der Waals surface area contributed by atoms with Gasteiger partial charge in [0.05, 0.1) is 0 Å². The number of hydrogen-bond donors (Lipinski definition) is 0. The smallest absolute Gasteiger partial charge is 0.139 e. The van der Waals surface area contributed by atoms with Crippen LogP contribution in [0.1, 0.15) is 49.9 Å². The summed E-state index contributed by atoms with van der Waals surface area (Å²) in [6.45, 7) is 8.80. The number of hydrogen-bond acceptors (Lipinski definition) is 1. The molecule has 3 aromatic rings. The molecule has 1 nitrogen and oxygen atoms in total. The minimum atomic E-state index is -0.124. The Kier molecular flexibility index (Phi) is 3.80. The molecule has 0 saturated carbocycles. The largest absolute Gasteiger partial charge is 0.456 e. The molecule has 0 aromatic heterocycles. The quantitative estimate of drug-likeness (QED) is 0.438. The fourth-order valence-electron chi connectivity index (χ4n) is 3.92. The minimum absolute atomic E-state index is 0.120. The van der Waals surface area contributed by atoms with Crippen LogP contribution in [0, 0.1) is 25.7 Å². The van der Waals surface area contributed by atoms with Gasteiger partial charge in [0.15, 0.2) is 0 Å². The molecule has 27 heavy (non-hydrogen) atoms. The van der Waals surface area contributed by atoms with Crippen molar-refractivity contribution in [2.75, 3.05) is 0 Å². The van der Waals surface area contributed by atoms with Gasteiger partial charge in [0.2, 0.25) is 0 Å². The van der Waals surface area contributed by atoms with Crippen LogP contribution in [0.25, 0.3) is 11.1 Å². The van der Waals surface area contributed by atoms with Gasteiger partial charge in [0.25, 0.3) is 0 Å². The molecule has 3 aromatic carbocycles. The number of rotatable bonds is 1. The molecule has 0 aliphatic carbocycles. The number of ether oxygens (including phenoxy) is 1. The predicted molar refractivity (Wildman–Crippen MR) is 113 cm³/mol. The van der Waals surface area contributed by atoms with Crippen LogP contribution in [-0.4, -0.2) is 0 Å². The van der Waals surface area contributed by atoms with Gasteiger partial charge in [0, 0.05) is 29.0 Å². The van der Waals surface area contributed by atoms with Crippen molar-refractivity contribution in [3.8, 4) is 34.5 Å². The summed E-state index contributed by atoms with van der Waals surface area (Å²) < 4.78 is 13.7. The van der Waals surface area contributed by atoms with Gasteiger partial charge in [-0.15, -0.1) is 5.92 Å². The van der Waals surface area contributed by atoms with E-state index < -0.39 is 0 Å². The van der Waals surface area contributed by atoms with E-state index in [-0.39, 0.29) is 12.3 Å². The molecule has 0 bridgehead atoms. The highest BCUT2D eigenvalue weighted by Gasteiger charge is 2.35. The van der Waals surface area contributed by atoms with E-state index in [1.54, 1.807) is 0 Å². The predicted octanol–water partition coefficient (Wildman–Crippen LogP) is 6.77. The summed E-state index contributed by atoms with van der Waals surface area (Å²) in [6, 6.07) is 19.2. The van der Waals surface area contributed by atoms with E-state index in [0.29, 0.717) is 0 Å². The summed E-state index contributed by atoms with van der Waals surface area (Å²) in [4.78, 5) is 0. The van der Waals surface area contributed by atoms with E-state index in [0.717, 1.165) is 33.8 Å². The molecule has 4 rings (SSSR count).